The molecule has 50 heavy (non-hydrogen) atoms. The van der Waals surface area contributed by atoms with Crippen molar-refractivity contribution in [1.29, 1.82) is 0 Å². The van der Waals surface area contributed by atoms with Crippen molar-refractivity contribution < 1.29 is 25.8 Å². The zero-order valence-electron chi connectivity index (χ0n) is 30.9. The predicted octanol–water partition coefficient (Wildman–Crippen LogP) is 14.4. The normalized spacial score (nSPS) is 16.3. The average Bonchev–Trinajstić information content (AvgIpc) is 3.57. The van der Waals surface area contributed by atoms with Gasteiger partial charge in [-0.1, -0.05) is 166 Å². The van der Waals surface area contributed by atoms with Crippen molar-refractivity contribution in [3.05, 3.63) is 151 Å². The molecule has 2 aliphatic carbocycles. The monoisotopic (exact) mass is 828 g/mol. The second kappa shape index (κ2) is 19.0. The summed E-state index contributed by atoms with van der Waals surface area (Å²) in [6.45, 7) is 4.61. The van der Waals surface area contributed by atoms with Crippen LogP contribution < -0.4 is 0 Å². The number of fused-ring (bicyclic) bond motifs is 1. The van der Waals surface area contributed by atoms with E-state index in [0.29, 0.717) is 17.8 Å². The van der Waals surface area contributed by atoms with Gasteiger partial charge < -0.3 is 25.2 Å². The van der Waals surface area contributed by atoms with Crippen LogP contribution in [0.3, 0.4) is 0 Å². The van der Waals surface area contributed by atoms with Gasteiger partial charge in [0, 0.05) is 31.5 Å². The van der Waals surface area contributed by atoms with Crippen molar-refractivity contribution in [1.82, 2.24) is 4.98 Å². The molecule has 0 bridgehead atoms. The first-order valence-corrected chi connectivity index (χ1v) is 18.5. The Bertz CT molecular complexity index is 1730. The zero-order chi connectivity index (χ0) is 32.0. The summed E-state index contributed by atoms with van der Waals surface area (Å²) in [7, 11) is 0. The van der Waals surface area contributed by atoms with Crippen LogP contribution in [-0.4, -0.2) is 4.98 Å². The molecule has 3 heteroatoms. The van der Waals surface area contributed by atoms with Crippen LogP contribution in [0.2, 0.25) is 0 Å². The topological polar surface area (TPSA) is 27.0 Å². The van der Waals surface area contributed by atoms with E-state index in [1.165, 1.54) is 116 Å². The Balaban J connectivity index is 0.00000187. The van der Waals surface area contributed by atoms with Crippen LogP contribution in [0.5, 0.6) is 0 Å². The number of hydrogen-bond donors (Lipinski definition) is 0. The molecule has 0 saturated heterocycles. The molecule has 7 rings (SSSR count). The van der Waals surface area contributed by atoms with Crippen molar-refractivity contribution in [2.45, 2.75) is 115 Å². The number of nitrogens with zero attached hydrogens (tertiary/aromatic N) is 2. The van der Waals surface area contributed by atoms with Gasteiger partial charge in [-0.2, -0.15) is 0 Å². The number of para-hydroxylation sites is 1. The number of rotatable bonds is 8. The molecule has 4 aromatic carbocycles. The zero-order valence-corrected chi connectivity index (χ0v) is 34.5. The molecule has 0 N–H and O–H groups in total. The molecule has 2 nitrogen and oxygen atoms in total. The number of pyridine rings is 1. The van der Waals surface area contributed by atoms with Crippen LogP contribution in [0, 0.1) is 20.9 Å². The fourth-order valence-corrected chi connectivity index (χ4v) is 8.40. The Labute approximate surface area is 322 Å². The molecule has 5 aromatic rings. The minimum Gasteiger partial charge on any atom is -0.673 e. The van der Waals surface area contributed by atoms with Crippen molar-refractivity contribution >= 4 is 16.5 Å². The van der Waals surface area contributed by atoms with Crippen molar-refractivity contribution in [3.63, 3.8) is 0 Å². The summed E-state index contributed by atoms with van der Waals surface area (Å²) >= 11 is 0. The minimum atomic E-state index is -0.194. The number of aromatic nitrogens is 1. The van der Waals surface area contributed by atoms with E-state index in [2.05, 4.69) is 111 Å². The van der Waals surface area contributed by atoms with Crippen molar-refractivity contribution in [2.24, 2.45) is 0 Å². The molecule has 0 aliphatic heterocycles. The molecule has 0 spiro atoms. The summed E-state index contributed by atoms with van der Waals surface area (Å²) in [6, 6.07) is 38.8. The Hall–Kier alpha value is -3.04. The second-order valence-electron chi connectivity index (χ2n) is 14.4. The summed E-state index contributed by atoms with van der Waals surface area (Å²) < 4.78 is 0. The molecular formula is C47H56HfN2-4. The average molecular weight is 827 g/mol. The Kier molecular flexibility index (Phi) is 15.1. The molecule has 2 fully saturated rings. The Morgan fingerprint density at radius 3 is 1.80 bits per heavy atom. The molecular weight excluding hydrogens is 771 g/mol. The maximum absolute atomic E-state index is 5.98. The van der Waals surface area contributed by atoms with Crippen molar-refractivity contribution in [3.8, 4) is 11.3 Å². The second-order valence-corrected chi connectivity index (χ2v) is 14.4. The van der Waals surface area contributed by atoms with E-state index in [4.69, 9.17) is 10.3 Å². The van der Waals surface area contributed by atoms with Gasteiger partial charge in [0.1, 0.15) is 0 Å². The summed E-state index contributed by atoms with van der Waals surface area (Å²) in [6.07, 6.45) is 15.8. The summed E-state index contributed by atoms with van der Waals surface area (Å²) in [5.41, 5.74) is 9.91. The molecule has 1 unspecified atom stereocenters. The smallest absolute Gasteiger partial charge is 0.0195 e. The quantitative estimate of drug-likeness (QED) is 0.0870. The number of hydrogen-bond acceptors (Lipinski definition) is 1. The van der Waals surface area contributed by atoms with Crippen LogP contribution in [0.25, 0.3) is 27.3 Å². The van der Waals surface area contributed by atoms with E-state index < -0.39 is 0 Å². The third-order valence-corrected chi connectivity index (χ3v) is 10.9. The van der Waals surface area contributed by atoms with Gasteiger partial charge in [-0.3, -0.25) is 0 Å². The summed E-state index contributed by atoms with van der Waals surface area (Å²) in [5, 5.41) is 8.38. The van der Waals surface area contributed by atoms with Crippen molar-refractivity contribution in [2.75, 3.05) is 0 Å². The molecule has 2 saturated carbocycles. The van der Waals surface area contributed by atoms with E-state index >= 15 is 0 Å². The van der Waals surface area contributed by atoms with Gasteiger partial charge in [0.2, 0.25) is 0 Å². The fourth-order valence-electron chi connectivity index (χ4n) is 8.40. The first-order chi connectivity index (χ1) is 23.2. The Morgan fingerprint density at radius 1 is 0.620 bits per heavy atom. The molecule has 0 amide bonds. The Morgan fingerprint density at radius 2 is 1.18 bits per heavy atom. The summed E-state index contributed by atoms with van der Waals surface area (Å²) in [4.78, 5) is 5.46. The molecule has 2 aliphatic rings. The fraction of sp³-hybridized carbons (Fsp3) is 0.383. The van der Waals surface area contributed by atoms with Gasteiger partial charge in [-0.15, -0.1) is 34.8 Å². The van der Waals surface area contributed by atoms with Gasteiger partial charge in [0.25, 0.3) is 0 Å². The maximum atomic E-state index is 5.98. The molecule has 262 valence electrons. The van der Waals surface area contributed by atoms with Crippen LogP contribution in [0.1, 0.15) is 143 Å². The third kappa shape index (κ3) is 8.87. The van der Waals surface area contributed by atoms with Gasteiger partial charge in [-0.25, -0.2) is 0 Å². The molecule has 1 heterocycles. The van der Waals surface area contributed by atoms with Gasteiger partial charge in [-0.05, 0) is 66.8 Å². The van der Waals surface area contributed by atoms with E-state index in [0.717, 1.165) is 17.0 Å². The number of benzene rings is 4. The van der Waals surface area contributed by atoms with Crippen LogP contribution >= 0.6 is 0 Å². The third-order valence-electron chi connectivity index (χ3n) is 10.9. The maximum Gasteiger partial charge on any atom is 0.0195 e. The largest absolute Gasteiger partial charge is 0.673 e. The standard InChI is InChI=1S/C45H50N2.2CH3.Hf/c1-32(2)36-24-13-14-26-41(36)45(43-31-17-30-42(46-43)40-29-15-23-33-22-11-12-25-37(33)40)47-44-38(34-18-7-3-4-8-19-34)27-16-28-39(44)35-20-9-5-6-10-21-35;;;/h11-17,22-28,30-32,34-35,45H,3-10,18-21H2,1-2H3;2*1H3;/q-2;2*-1;. The molecule has 0 radical (unpaired) electrons. The van der Waals surface area contributed by atoms with Gasteiger partial charge >= 0.3 is 0 Å². The van der Waals surface area contributed by atoms with E-state index in [1.807, 2.05) is 6.07 Å². The van der Waals surface area contributed by atoms with E-state index in [1.54, 1.807) is 0 Å². The predicted molar refractivity (Wildman–Crippen MR) is 212 cm³/mol. The van der Waals surface area contributed by atoms with Gasteiger partial charge in [0.05, 0.1) is 0 Å². The van der Waals surface area contributed by atoms with E-state index in [-0.39, 0.29) is 46.7 Å². The summed E-state index contributed by atoms with van der Waals surface area (Å²) in [5.74, 6) is 1.54. The SMILES string of the molecule is CC(C)c1ccccc1C([N-]c1c(C2CCCCCC2)cccc1C1CCCCCC1)c1cccc(-c2[c-]ccc3ccccc23)n1.[CH3-].[CH3-].[Hf]. The van der Waals surface area contributed by atoms with Crippen LogP contribution in [-0.2, 0) is 25.8 Å². The first kappa shape index (κ1) is 39.7. The van der Waals surface area contributed by atoms with Crippen LogP contribution in [0.15, 0.2) is 97.1 Å². The molecule has 1 atom stereocenters. The van der Waals surface area contributed by atoms with E-state index in [9.17, 15) is 0 Å². The van der Waals surface area contributed by atoms with Gasteiger partial charge in [0.15, 0.2) is 0 Å². The minimum absolute atomic E-state index is 0. The first-order valence-electron chi connectivity index (χ1n) is 18.5. The van der Waals surface area contributed by atoms with Crippen LogP contribution in [0.4, 0.5) is 5.69 Å². The molecule has 1 aromatic heterocycles.